The maximum atomic E-state index is 12.0. The molecular weight excluding hydrogens is 379 g/mol. The summed E-state index contributed by atoms with van der Waals surface area (Å²) < 4.78 is 6.67. The van der Waals surface area contributed by atoms with Crippen molar-refractivity contribution in [3.8, 4) is 0 Å². The summed E-state index contributed by atoms with van der Waals surface area (Å²) in [5.74, 6) is 0. The molecule has 1 aliphatic heterocycles. The Morgan fingerprint density at radius 3 is 2.24 bits per heavy atom. The van der Waals surface area contributed by atoms with E-state index < -0.39 is 5.60 Å². The first kappa shape index (κ1) is 16.5. The molecular formula is C16H23IN2O2. The third-order valence-corrected chi connectivity index (χ3v) is 4.06. The molecule has 0 radical (unpaired) electrons. The maximum Gasteiger partial charge on any atom is 0.410 e. The summed E-state index contributed by atoms with van der Waals surface area (Å²) >= 11 is 2.32. The van der Waals surface area contributed by atoms with Crippen molar-refractivity contribution >= 4 is 28.7 Å². The molecule has 0 bridgehead atoms. The first-order valence-corrected chi connectivity index (χ1v) is 8.36. The number of halogens is 1. The molecule has 0 unspecified atom stereocenters. The van der Waals surface area contributed by atoms with Gasteiger partial charge in [-0.1, -0.05) is 12.1 Å². The Labute approximate surface area is 140 Å². The van der Waals surface area contributed by atoms with Crippen molar-refractivity contribution in [3.05, 3.63) is 33.4 Å². The molecule has 4 nitrogen and oxygen atoms in total. The Hall–Kier alpha value is -0.820. The van der Waals surface area contributed by atoms with Gasteiger partial charge in [0.2, 0.25) is 0 Å². The van der Waals surface area contributed by atoms with Crippen LogP contribution in [0.2, 0.25) is 0 Å². The summed E-state index contributed by atoms with van der Waals surface area (Å²) in [4.78, 5) is 16.2. The van der Waals surface area contributed by atoms with Crippen LogP contribution in [0.5, 0.6) is 0 Å². The largest absolute Gasteiger partial charge is 0.444 e. The van der Waals surface area contributed by atoms with Gasteiger partial charge >= 0.3 is 6.09 Å². The highest BCUT2D eigenvalue weighted by molar-refractivity contribution is 14.1. The smallest absolute Gasteiger partial charge is 0.410 e. The van der Waals surface area contributed by atoms with Gasteiger partial charge in [0.25, 0.3) is 0 Å². The molecule has 1 amide bonds. The van der Waals surface area contributed by atoms with E-state index in [0.717, 1.165) is 32.7 Å². The molecule has 5 heteroatoms. The van der Waals surface area contributed by atoms with E-state index >= 15 is 0 Å². The fraction of sp³-hybridized carbons (Fsp3) is 0.562. The van der Waals surface area contributed by atoms with Crippen molar-refractivity contribution in [3.63, 3.8) is 0 Å². The molecule has 0 N–H and O–H groups in total. The summed E-state index contributed by atoms with van der Waals surface area (Å²) in [5.41, 5.74) is 0.899. The predicted octanol–water partition coefficient (Wildman–Crippen LogP) is 3.34. The lowest BCUT2D eigenvalue weighted by Gasteiger charge is -2.35. The van der Waals surface area contributed by atoms with Gasteiger partial charge in [0.1, 0.15) is 5.60 Å². The second kappa shape index (κ2) is 6.96. The van der Waals surface area contributed by atoms with Crippen LogP contribution in [-0.2, 0) is 11.3 Å². The summed E-state index contributed by atoms with van der Waals surface area (Å²) in [5, 5.41) is 0. The molecule has 0 atom stereocenters. The van der Waals surface area contributed by atoms with E-state index in [1.807, 2.05) is 20.8 Å². The maximum absolute atomic E-state index is 12.0. The molecule has 116 valence electrons. The molecule has 2 rings (SSSR count). The summed E-state index contributed by atoms with van der Waals surface area (Å²) in [7, 11) is 0. The lowest BCUT2D eigenvalue weighted by Crippen LogP contribution is -2.49. The Bertz CT molecular complexity index is 474. The van der Waals surface area contributed by atoms with Crippen LogP contribution in [0, 0.1) is 3.57 Å². The first-order valence-electron chi connectivity index (χ1n) is 7.28. The molecule has 0 spiro atoms. The molecule has 1 aliphatic rings. The fourth-order valence-corrected chi connectivity index (χ4v) is 2.62. The van der Waals surface area contributed by atoms with Crippen LogP contribution >= 0.6 is 22.6 Å². The normalized spacial score (nSPS) is 16.9. The summed E-state index contributed by atoms with van der Waals surface area (Å²) in [6.07, 6.45) is -0.198. The quantitative estimate of drug-likeness (QED) is 0.712. The number of rotatable bonds is 2. The average molecular weight is 402 g/mol. The van der Waals surface area contributed by atoms with Gasteiger partial charge < -0.3 is 9.64 Å². The molecule has 1 fully saturated rings. The third-order valence-electron chi connectivity index (χ3n) is 3.34. The Kier molecular flexibility index (Phi) is 5.48. The molecule has 21 heavy (non-hydrogen) atoms. The minimum Gasteiger partial charge on any atom is -0.444 e. The summed E-state index contributed by atoms with van der Waals surface area (Å²) in [6.45, 7) is 9.90. The number of ether oxygens (including phenoxy) is 1. The second-order valence-corrected chi connectivity index (χ2v) is 7.62. The number of benzene rings is 1. The van der Waals surface area contributed by atoms with E-state index in [1.54, 1.807) is 4.90 Å². The summed E-state index contributed by atoms with van der Waals surface area (Å²) in [6, 6.07) is 8.60. The molecule has 1 saturated heterocycles. The lowest BCUT2D eigenvalue weighted by molar-refractivity contribution is 0.0139. The zero-order chi connectivity index (χ0) is 15.5. The van der Waals surface area contributed by atoms with E-state index in [-0.39, 0.29) is 6.09 Å². The van der Waals surface area contributed by atoms with Crippen LogP contribution < -0.4 is 0 Å². The van der Waals surface area contributed by atoms with E-state index in [2.05, 4.69) is 51.8 Å². The topological polar surface area (TPSA) is 32.8 Å². The van der Waals surface area contributed by atoms with E-state index in [9.17, 15) is 4.79 Å². The van der Waals surface area contributed by atoms with Crippen molar-refractivity contribution in [2.24, 2.45) is 0 Å². The van der Waals surface area contributed by atoms with Crippen LogP contribution in [0.3, 0.4) is 0 Å². The van der Waals surface area contributed by atoms with Gasteiger partial charge in [-0.25, -0.2) is 4.79 Å². The average Bonchev–Trinajstić information content (AvgIpc) is 2.40. The van der Waals surface area contributed by atoms with E-state index in [1.165, 1.54) is 9.13 Å². The lowest BCUT2D eigenvalue weighted by atomic mass is 10.2. The van der Waals surface area contributed by atoms with Gasteiger partial charge in [-0.05, 0) is 61.1 Å². The van der Waals surface area contributed by atoms with Crippen LogP contribution in [0.1, 0.15) is 26.3 Å². The standard InChI is InChI=1S/C16H23IN2O2/c1-16(2,3)21-15(20)19-10-8-18(9-11-19)12-13-4-6-14(17)7-5-13/h4-7H,8-12H2,1-3H3. The SMILES string of the molecule is CC(C)(C)OC(=O)N1CCN(Cc2ccc(I)cc2)CC1. The fourth-order valence-electron chi connectivity index (χ4n) is 2.26. The Morgan fingerprint density at radius 1 is 1.14 bits per heavy atom. The van der Waals surface area contributed by atoms with Crippen molar-refractivity contribution in [1.29, 1.82) is 0 Å². The Balaban J connectivity index is 1.80. The second-order valence-electron chi connectivity index (χ2n) is 6.37. The minimum atomic E-state index is -0.421. The monoisotopic (exact) mass is 402 g/mol. The molecule has 0 aromatic heterocycles. The Morgan fingerprint density at radius 2 is 1.71 bits per heavy atom. The highest BCUT2D eigenvalue weighted by atomic mass is 127. The van der Waals surface area contributed by atoms with Crippen molar-refractivity contribution in [2.45, 2.75) is 32.9 Å². The molecule has 1 heterocycles. The third kappa shape index (κ3) is 5.47. The van der Waals surface area contributed by atoms with Gasteiger partial charge in [-0.3, -0.25) is 4.90 Å². The number of amides is 1. The van der Waals surface area contributed by atoms with Crippen molar-refractivity contribution in [2.75, 3.05) is 26.2 Å². The molecule has 1 aromatic rings. The van der Waals surface area contributed by atoms with Crippen LogP contribution in [0.25, 0.3) is 0 Å². The zero-order valence-corrected chi connectivity index (χ0v) is 15.1. The van der Waals surface area contributed by atoms with Crippen molar-refractivity contribution in [1.82, 2.24) is 9.80 Å². The van der Waals surface area contributed by atoms with Crippen LogP contribution in [0.15, 0.2) is 24.3 Å². The first-order chi connectivity index (χ1) is 9.83. The molecule has 0 saturated carbocycles. The van der Waals surface area contributed by atoms with Gasteiger partial charge in [-0.2, -0.15) is 0 Å². The van der Waals surface area contributed by atoms with E-state index in [0.29, 0.717) is 0 Å². The zero-order valence-electron chi connectivity index (χ0n) is 12.9. The number of hydrogen-bond acceptors (Lipinski definition) is 3. The predicted molar refractivity (Wildman–Crippen MR) is 92.2 cm³/mol. The van der Waals surface area contributed by atoms with Gasteiger partial charge in [0.15, 0.2) is 0 Å². The molecule has 0 aliphatic carbocycles. The number of nitrogens with zero attached hydrogens (tertiary/aromatic N) is 2. The highest BCUT2D eigenvalue weighted by Gasteiger charge is 2.25. The van der Waals surface area contributed by atoms with Crippen LogP contribution in [0.4, 0.5) is 4.79 Å². The van der Waals surface area contributed by atoms with Crippen molar-refractivity contribution < 1.29 is 9.53 Å². The van der Waals surface area contributed by atoms with Gasteiger partial charge in [0, 0.05) is 36.3 Å². The molecule has 1 aromatic carbocycles. The number of carbonyl (C=O) groups is 1. The van der Waals surface area contributed by atoms with Gasteiger partial charge in [0.05, 0.1) is 0 Å². The van der Waals surface area contributed by atoms with Crippen LogP contribution in [-0.4, -0.2) is 47.7 Å². The van der Waals surface area contributed by atoms with E-state index in [4.69, 9.17) is 4.74 Å². The number of carbonyl (C=O) groups excluding carboxylic acids is 1. The number of piperazine rings is 1. The minimum absolute atomic E-state index is 0.198. The highest BCUT2D eigenvalue weighted by Crippen LogP contribution is 2.14. The van der Waals surface area contributed by atoms with Gasteiger partial charge in [-0.15, -0.1) is 0 Å². The number of hydrogen-bond donors (Lipinski definition) is 0.